The number of fused-ring (bicyclic) bond motifs is 1. The van der Waals surface area contributed by atoms with Gasteiger partial charge in [0.1, 0.15) is 0 Å². The zero-order valence-corrected chi connectivity index (χ0v) is 11.3. The molecule has 1 N–H and O–H groups in total. The van der Waals surface area contributed by atoms with Crippen LogP contribution >= 0.6 is 0 Å². The van der Waals surface area contributed by atoms with Crippen molar-refractivity contribution in [3.63, 3.8) is 0 Å². The molecule has 1 aliphatic carbocycles. The van der Waals surface area contributed by atoms with Crippen molar-refractivity contribution >= 4 is 11.5 Å². The zero-order valence-electron chi connectivity index (χ0n) is 11.3. The van der Waals surface area contributed by atoms with Gasteiger partial charge < -0.3 is 5.32 Å². The van der Waals surface area contributed by atoms with Crippen LogP contribution in [0.4, 0.5) is 5.82 Å². The van der Waals surface area contributed by atoms with E-state index in [-0.39, 0.29) is 0 Å². The van der Waals surface area contributed by atoms with Gasteiger partial charge in [-0.3, -0.25) is 4.98 Å². The zero-order chi connectivity index (χ0) is 13.1. The summed E-state index contributed by atoms with van der Waals surface area (Å²) in [5.74, 6) is 1.81. The minimum absolute atomic E-state index is 0.518. The molecule has 102 valence electrons. The third-order valence-corrected chi connectivity index (χ3v) is 4.00. The largest absolute Gasteiger partial charge is 0.366 e. The Morgan fingerprint density at radius 2 is 2.11 bits per heavy atom. The van der Waals surface area contributed by atoms with Gasteiger partial charge >= 0.3 is 0 Å². The third kappa shape index (κ3) is 2.67. The smallest absolute Gasteiger partial charge is 0.199 e. The fraction of sp³-hybridized carbons (Fsp3) is 0.692. The molecule has 0 spiro atoms. The summed E-state index contributed by atoms with van der Waals surface area (Å²) in [6, 6.07) is 0.518. The molecule has 0 atom stereocenters. The predicted octanol–water partition coefficient (Wildman–Crippen LogP) is 2.29. The van der Waals surface area contributed by atoms with E-state index in [0.29, 0.717) is 11.7 Å². The minimum atomic E-state index is 0.518. The van der Waals surface area contributed by atoms with Crippen LogP contribution in [0, 0.1) is 5.92 Å². The van der Waals surface area contributed by atoms with Crippen LogP contribution in [-0.4, -0.2) is 31.1 Å². The van der Waals surface area contributed by atoms with E-state index in [0.717, 1.165) is 11.7 Å². The Kier molecular flexibility index (Phi) is 3.57. The highest BCUT2D eigenvalue weighted by molar-refractivity contribution is 5.44. The lowest BCUT2D eigenvalue weighted by Crippen LogP contribution is -2.27. The van der Waals surface area contributed by atoms with Crippen molar-refractivity contribution in [2.24, 2.45) is 5.92 Å². The van der Waals surface area contributed by atoms with Crippen LogP contribution in [0.5, 0.6) is 0 Å². The van der Waals surface area contributed by atoms with Gasteiger partial charge in [-0.25, -0.2) is 0 Å². The van der Waals surface area contributed by atoms with Gasteiger partial charge in [0.25, 0.3) is 0 Å². The summed E-state index contributed by atoms with van der Waals surface area (Å²) in [7, 11) is 0. The second-order valence-electron chi connectivity index (χ2n) is 5.39. The van der Waals surface area contributed by atoms with Gasteiger partial charge in [0.2, 0.25) is 0 Å². The van der Waals surface area contributed by atoms with Crippen LogP contribution in [-0.2, 0) is 0 Å². The number of rotatable bonds is 4. The summed E-state index contributed by atoms with van der Waals surface area (Å²) >= 11 is 0. The van der Waals surface area contributed by atoms with Crippen molar-refractivity contribution in [3.05, 3.63) is 12.4 Å². The lowest BCUT2D eigenvalue weighted by molar-refractivity contribution is 0.318. The average Bonchev–Trinajstić information content (AvgIpc) is 2.91. The first kappa shape index (κ1) is 12.3. The molecule has 0 radical (unpaired) electrons. The highest BCUT2D eigenvalue weighted by Gasteiger charge is 2.21. The van der Waals surface area contributed by atoms with Gasteiger partial charge in [-0.15, -0.1) is 5.10 Å². The van der Waals surface area contributed by atoms with Crippen molar-refractivity contribution in [1.82, 2.24) is 25.0 Å². The monoisotopic (exact) mass is 260 g/mol. The number of nitrogens with zero attached hydrogens (tertiary/aromatic N) is 5. The number of anilines is 1. The van der Waals surface area contributed by atoms with Gasteiger partial charge in [-0.05, 0) is 42.0 Å². The van der Waals surface area contributed by atoms with Gasteiger partial charge in [0.05, 0.1) is 12.4 Å². The lowest BCUT2D eigenvalue weighted by Gasteiger charge is -2.29. The number of nitrogens with one attached hydrogen (secondary N) is 1. The molecule has 6 nitrogen and oxygen atoms in total. The minimum Gasteiger partial charge on any atom is -0.366 e. The summed E-state index contributed by atoms with van der Waals surface area (Å²) in [4.78, 5) is 4.17. The first-order valence-corrected chi connectivity index (χ1v) is 7.15. The maximum absolute atomic E-state index is 4.17. The second kappa shape index (κ2) is 5.50. The summed E-state index contributed by atoms with van der Waals surface area (Å²) in [6.07, 6.45) is 11.2. The Hall–Kier alpha value is -1.72. The van der Waals surface area contributed by atoms with Gasteiger partial charge in [-0.2, -0.15) is 4.52 Å². The van der Waals surface area contributed by atoms with Crippen LogP contribution in [0.3, 0.4) is 0 Å². The maximum atomic E-state index is 4.17. The van der Waals surface area contributed by atoms with Crippen LogP contribution < -0.4 is 5.32 Å². The molecular formula is C13H20N6. The fourth-order valence-corrected chi connectivity index (χ4v) is 2.99. The molecule has 2 heterocycles. The van der Waals surface area contributed by atoms with Crippen molar-refractivity contribution in [3.8, 4) is 0 Å². The average molecular weight is 260 g/mol. The van der Waals surface area contributed by atoms with E-state index in [1.165, 1.54) is 38.5 Å². The van der Waals surface area contributed by atoms with Crippen LogP contribution in [0.25, 0.3) is 5.65 Å². The molecule has 1 aliphatic rings. The molecule has 3 rings (SSSR count). The van der Waals surface area contributed by atoms with E-state index < -0.39 is 0 Å². The van der Waals surface area contributed by atoms with Crippen molar-refractivity contribution < 1.29 is 0 Å². The Bertz CT molecular complexity index is 529. The molecule has 1 fully saturated rings. The van der Waals surface area contributed by atoms with Crippen molar-refractivity contribution in [2.45, 2.75) is 51.5 Å². The van der Waals surface area contributed by atoms with E-state index in [2.05, 4.69) is 32.7 Å². The van der Waals surface area contributed by atoms with Gasteiger partial charge in [0.15, 0.2) is 11.5 Å². The highest BCUT2D eigenvalue weighted by atomic mass is 15.5. The normalized spacial score (nSPS) is 23.6. The van der Waals surface area contributed by atoms with Crippen molar-refractivity contribution in [2.75, 3.05) is 5.32 Å². The molecule has 0 bridgehead atoms. The molecule has 19 heavy (non-hydrogen) atoms. The maximum Gasteiger partial charge on any atom is 0.199 e. The standard InChI is InChI=1S/C13H20N6/c1-2-3-10-4-6-11(7-5-10)15-12-8-14-9-13-16-17-18-19(12)13/h8-11,15H,2-7H2,1H3. The van der Waals surface area contributed by atoms with Crippen LogP contribution in [0.1, 0.15) is 45.4 Å². The second-order valence-corrected chi connectivity index (χ2v) is 5.39. The lowest BCUT2D eigenvalue weighted by atomic mass is 9.83. The third-order valence-electron chi connectivity index (χ3n) is 4.00. The molecule has 0 unspecified atom stereocenters. The molecular weight excluding hydrogens is 240 g/mol. The molecule has 0 saturated heterocycles. The van der Waals surface area contributed by atoms with Gasteiger partial charge in [0, 0.05) is 6.04 Å². The van der Waals surface area contributed by atoms with E-state index in [9.17, 15) is 0 Å². The summed E-state index contributed by atoms with van der Waals surface area (Å²) < 4.78 is 1.71. The van der Waals surface area contributed by atoms with Crippen LogP contribution in [0.15, 0.2) is 12.4 Å². The Balaban J connectivity index is 1.65. The Morgan fingerprint density at radius 1 is 1.26 bits per heavy atom. The van der Waals surface area contributed by atoms with Crippen LogP contribution in [0.2, 0.25) is 0 Å². The SMILES string of the molecule is CCCC1CCC(Nc2cncc3nnnn23)CC1. The highest BCUT2D eigenvalue weighted by Crippen LogP contribution is 2.29. The molecule has 2 aromatic rings. The van der Waals surface area contributed by atoms with E-state index in [1.54, 1.807) is 16.9 Å². The van der Waals surface area contributed by atoms with E-state index in [1.807, 2.05) is 0 Å². The summed E-state index contributed by atoms with van der Waals surface area (Å²) in [5.41, 5.74) is 0.685. The van der Waals surface area contributed by atoms with E-state index >= 15 is 0 Å². The number of hydrogen-bond donors (Lipinski definition) is 1. The number of hydrogen-bond acceptors (Lipinski definition) is 5. The molecule has 0 aromatic carbocycles. The first-order valence-electron chi connectivity index (χ1n) is 7.15. The predicted molar refractivity (Wildman–Crippen MR) is 72.9 cm³/mol. The summed E-state index contributed by atoms with van der Waals surface area (Å²) in [5, 5.41) is 15.1. The van der Waals surface area contributed by atoms with E-state index in [4.69, 9.17) is 0 Å². The molecule has 6 heteroatoms. The quantitative estimate of drug-likeness (QED) is 0.913. The Morgan fingerprint density at radius 3 is 2.89 bits per heavy atom. The first-order chi connectivity index (χ1) is 9.36. The summed E-state index contributed by atoms with van der Waals surface area (Å²) in [6.45, 7) is 2.27. The number of tetrazole rings is 1. The number of aromatic nitrogens is 5. The molecule has 0 amide bonds. The Labute approximate surface area is 112 Å². The molecule has 2 aromatic heterocycles. The molecule has 0 aliphatic heterocycles. The molecule has 1 saturated carbocycles. The fourth-order valence-electron chi connectivity index (χ4n) is 2.99. The van der Waals surface area contributed by atoms with Gasteiger partial charge in [-0.1, -0.05) is 19.8 Å². The van der Waals surface area contributed by atoms with Crippen molar-refractivity contribution in [1.29, 1.82) is 0 Å². The topological polar surface area (TPSA) is 68.0 Å².